The average Bonchev–Trinajstić information content (AvgIpc) is 3.20. The molecule has 0 spiro atoms. The maximum Gasteiger partial charge on any atom is 0.266 e. The zero-order chi connectivity index (χ0) is 16.5. The normalized spacial score (nSPS) is 22.9. The lowest BCUT2D eigenvalue weighted by molar-refractivity contribution is -0.123. The first-order chi connectivity index (χ1) is 11.7. The van der Waals surface area contributed by atoms with Gasteiger partial charge in [0.25, 0.3) is 5.91 Å². The molecule has 2 aromatic rings. The number of ether oxygens (including phenoxy) is 1. The van der Waals surface area contributed by atoms with E-state index in [0.29, 0.717) is 15.8 Å². The second-order valence-corrected chi connectivity index (χ2v) is 7.67. The highest BCUT2D eigenvalue weighted by Gasteiger charge is 2.34. The number of amides is 1. The summed E-state index contributed by atoms with van der Waals surface area (Å²) in [5.74, 6) is -0.00608. The first-order valence-corrected chi connectivity index (χ1v) is 9.29. The quantitative estimate of drug-likeness (QED) is 0.609. The standard InChI is InChI=1S/C19H17NO2S2/c21-18-17(24-19(23)20(18)12-15-8-4-10-22-15)11-14-7-3-6-13-5-1-2-9-16(13)14/h1-3,5-7,9,11,15H,4,8,10,12H2/b17-11+/t15-/m0/s1. The molecule has 2 heterocycles. The van der Waals surface area contributed by atoms with Crippen LogP contribution in [0.4, 0.5) is 0 Å². The van der Waals surface area contributed by atoms with E-state index in [1.54, 1.807) is 4.90 Å². The highest BCUT2D eigenvalue weighted by molar-refractivity contribution is 8.26. The van der Waals surface area contributed by atoms with E-state index in [4.69, 9.17) is 17.0 Å². The minimum atomic E-state index is -0.00608. The van der Waals surface area contributed by atoms with Crippen LogP contribution in [0, 0.1) is 0 Å². The van der Waals surface area contributed by atoms with Crippen LogP contribution >= 0.6 is 24.0 Å². The molecule has 0 saturated carbocycles. The Morgan fingerprint density at radius 3 is 2.92 bits per heavy atom. The summed E-state index contributed by atoms with van der Waals surface area (Å²) >= 11 is 6.79. The van der Waals surface area contributed by atoms with Crippen molar-refractivity contribution in [3.8, 4) is 0 Å². The SMILES string of the molecule is O=C1/C(=C\c2cccc3ccccc23)SC(=S)N1C[C@@H]1CCCO1. The lowest BCUT2D eigenvalue weighted by atomic mass is 10.0. The fourth-order valence-corrected chi connectivity index (χ4v) is 4.43. The van der Waals surface area contributed by atoms with E-state index in [2.05, 4.69) is 18.2 Å². The van der Waals surface area contributed by atoms with Crippen molar-refractivity contribution in [1.29, 1.82) is 0 Å². The van der Waals surface area contributed by atoms with Gasteiger partial charge in [0, 0.05) is 6.61 Å². The van der Waals surface area contributed by atoms with Crippen LogP contribution in [-0.4, -0.2) is 34.4 Å². The average molecular weight is 355 g/mol. The van der Waals surface area contributed by atoms with Crippen molar-refractivity contribution in [1.82, 2.24) is 4.90 Å². The molecule has 1 amide bonds. The maximum atomic E-state index is 12.7. The van der Waals surface area contributed by atoms with Crippen LogP contribution in [0.1, 0.15) is 18.4 Å². The monoisotopic (exact) mass is 355 g/mol. The third kappa shape index (κ3) is 2.99. The molecule has 0 aromatic heterocycles. The van der Waals surface area contributed by atoms with E-state index in [9.17, 15) is 4.79 Å². The molecule has 2 aliphatic heterocycles. The molecule has 2 fully saturated rings. The van der Waals surface area contributed by atoms with E-state index < -0.39 is 0 Å². The molecule has 5 heteroatoms. The van der Waals surface area contributed by atoms with Gasteiger partial charge in [-0.15, -0.1) is 0 Å². The van der Waals surface area contributed by atoms with Gasteiger partial charge in [0.1, 0.15) is 4.32 Å². The molecule has 3 nitrogen and oxygen atoms in total. The number of carbonyl (C=O) groups excluding carboxylic acids is 1. The number of hydrogen-bond donors (Lipinski definition) is 0. The molecule has 2 saturated heterocycles. The summed E-state index contributed by atoms with van der Waals surface area (Å²) in [5, 5.41) is 2.31. The molecule has 0 N–H and O–H groups in total. The van der Waals surface area contributed by atoms with E-state index >= 15 is 0 Å². The van der Waals surface area contributed by atoms with E-state index in [1.165, 1.54) is 17.1 Å². The summed E-state index contributed by atoms with van der Waals surface area (Å²) in [6.45, 7) is 1.35. The summed E-state index contributed by atoms with van der Waals surface area (Å²) in [7, 11) is 0. The Morgan fingerprint density at radius 2 is 2.08 bits per heavy atom. The smallest absolute Gasteiger partial charge is 0.266 e. The Morgan fingerprint density at radius 1 is 1.25 bits per heavy atom. The van der Waals surface area contributed by atoms with Gasteiger partial charge in [0.2, 0.25) is 0 Å². The fraction of sp³-hybridized carbons (Fsp3) is 0.263. The number of nitrogens with zero attached hydrogens (tertiary/aromatic N) is 1. The van der Waals surface area contributed by atoms with Crippen LogP contribution < -0.4 is 0 Å². The summed E-state index contributed by atoms with van der Waals surface area (Å²) in [6, 6.07) is 14.3. The lowest BCUT2D eigenvalue weighted by Gasteiger charge is -2.18. The summed E-state index contributed by atoms with van der Waals surface area (Å²) < 4.78 is 6.27. The molecule has 2 aromatic carbocycles. The summed E-state index contributed by atoms with van der Waals surface area (Å²) in [5.41, 5.74) is 1.05. The van der Waals surface area contributed by atoms with Crippen LogP contribution in [0.5, 0.6) is 0 Å². The Hall–Kier alpha value is -1.69. The first kappa shape index (κ1) is 15.8. The van der Waals surface area contributed by atoms with Gasteiger partial charge < -0.3 is 4.74 Å². The minimum absolute atomic E-state index is 0.00608. The van der Waals surface area contributed by atoms with Crippen molar-refractivity contribution >= 4 is 51.1 Å². The van der Waals surface area contributed by atoms with Gasteiger partial charge in [-0.25, -0.2) is 0 Å². The van der Waals surface area contributed by atoms with Crippen molar-refractivity contribution in [2.75, 3.05) is 13.2 Å². The van der Waals surface area contributed by atoms with Gasteiger partial charge in [-0.1, -0.05) is 66.4 Å². The highest BCUT2D eigenvalue weighted by atomic mass is 32.2. The van der Waals surface area contributed by atoms with Crippen LogP contribution in [0.3, 0.4) is 0 Å². The van der Waals surface area contributed by atoms with Gasteiger partial charge >= 0.3 is 0 Å². The topological polar surface area (TPSA) is 29.5 Å². The third-order valence-corrected chi connectivity index (χ3v) is 5.77. The van der Waals surface area contributed by atoms with Gasteiger partial charge in [-0.05, 0) is 35.3 Å². The maximum absolute atomic E-state index is 12.7. The number of benzene rings is 2. The van der Waals surface area contributed by atoms with Gasteiger partial charge in [-0.3, -0.25) is 9.69 Å². The molecule has 0 aliphatic carbocycles. The van der Waals surface area contributed by atoms with Crippen LogP contribution in [0.25, 0.3) is 16.8 Å². The molecular formula is C19H17NO2S2. The fourth-order valence-electron chi connectivity index (χ4n) is 3.17. The summed E-state index contributed by atoms with van der Waals surface area (Å²) in [6.07, 6.45) is 4.13. The first-order valence-electron chi connectivity index (χ1n) is 8.07. The second kappa shape index (κ2) is 6.67. The minimum Gasteiger partial charge on any atom is -0.376 e. The largest absolute Gasteiger partial charge is 0.376 e. The van der Waals surface area contributed by atoms with Crippen LogP contribution in [0.15, 0.2) is 47.4 Å². The van der Waals surface area contributed by atoms with Gasteiger partial charge in [-0.2, -0.15) is 0 Å². The van der Waals surface area contributed by atoms with Gasteiger partial charge in [0.05, 0.1) is 17.6 Å². The highest BCUT2D eigenvalue weighted by Crippen LogP contribution is 2.34. The van der Waals surface area contributed by atoms with Crippen molar-refractivity contribution in [2.45, 2.75) is 18.9 Å². The molecular weight excluding hydrogens is 338 g/mol. The molecule has 4 rings (SSSR count). The van der Waals surface area contributed by atoms with Crippen molar-refractivity contribution < 1.29 is 9.53 Å². The number of rotatable bonds is 3. The van der Waals surface area contributed by atoms with E-state index in [0.717, 1.165) is 30.4 Å². The van der Waals surface area contributed by atoms with E-state index in [-0.39, 0.29) is 12.0 Å². The Labute approximate surface area is 150 Å². The van der Waals surface area contributed by atoms with Crippen molar-refractivity contribution in [3.05, 3.63) is 52.9 Å². The molecule has 24 heavy (non-hydrogen) atoms. The van der Waals surface area contributed by atoms with Crippen LogP contribution in [-0.2, 0) is 9.53 Å². The number of thioether (sulfide) groups is 1. The Balaban J connectivity index is 1.62. The molecule has 0 radical (unpaired) electrons. The predicted octanol–water partition coefficient (Wildman–Crippen LogP) is 4.22. The Bertz CT molecular complexity index is 835. The van der Waals surface area contributed by atoms with Crippen molar-refractivity contribution in [3.63, 3.8) is 0 Å². The molecule has 1 atom stereocenters. The van der Waals surface area contributed by atoms with Crippen LogP contribution in [0.2, 0.25) is 0 Å². The molecule has 0 bridgehead atoms. The Kier molecular flexibility index (Phi) is 4.39. The number of thiocarbonyl (C=S) groups is 1. The zero-order valence-corrected chi connectivity index (χ0v) is 14.7. The number of hydrogen-bond acceptors (Lipinski definition) is 4. The van der Waals surface area contributed by atoms with E-state index in [1.807, 2.05) is 30.3 Å². The number of carbonyl (C=O) groups is 1. The number of fused-ring (bicyclic) bond motifs is 1. The summed E-state index contributed by atoms with van der Waals surface area (Å²) in [4.78, 5) is 15.1. The third-order valence-electron chi connectivity index (χ3n) is 4.39. The van der Waals surface area contributed by atoms with Gasteiger partial charge in [0.15, 0.2) is 0 Å². The van der Waals surface area contributed by atoms with Crippen molar-refractivity contribution in [2.24, 2.45) is 0 Å². The predicted molar refractivity (Wildman–Crippen MR) is 103 cm³/mol. The lowest BCUT2D eigenvalue weighted by Crippen LogP contribution is -2.35. The molecule has 0 unspecified atom stereocenters. The molecule has 122 valence electrons. The second-order valence-electron chi connectivity index (χ2n) is 6.00. The zero-order valence-electron chi connectivity index (χ0n) is 13.1. The molecule has 2 aliphatic rings.